The molecule has 0 fully saturated rings. The first kappa shape index (κ1) is 15.6. The molecular formula is C17H16O5. The minimum Gasteiger partial charge on any atom is -0.508 e. The number of ether oxygens (including phenoxy) is 2. The first-order chi connectivity index (χ1) is 10.6. The second kappa shape index (κ2) is 7.26. The summed E-state index contributed by atoms with van der Waals surface area (Å²) in [6.45, 7) is 1.64. The van der Waals surface area contributed by atoms with E-state index in [2.05, 4.69) is 0 Å². The molecule has 2 aromatic rings. The van der Waals surface area contributed by atoms with Gasteiger partial charge < -0.3 is 14.6 Å². The first-order valence-electron chi connectivity index (χ1n) is 6.77. The fraction of sp³-hybridized carbons (Fsp3) is 0.176. The summed E-state index contributed by atoms with van der Waals surface area (Å²) in [4.78, 5) is 23.2. The maximum Gasteiger partial charge on any atom is 0.338 e. The number of Topliss-reactive ketones (excluding diaryl/α,β-unsaturated/α-hetero) is 1. The standard InChI is InChI=1S/C17H16O5/c1-12(18)15-7-2-3-8-16(15)21-9-10-22-17(20)13-5-4-6-14(19)11-13/h2-8,11,19H,9-10H2,1H3. The van der Waals surface area contributed by atoms with Crippen LogP contribution in [0.15, 0.2) is 48.5 Å². The number of hydrogen-bond donors (Lipinski definition) is 1. The molecule has 0 heterocycles. The third-order valence-electron chi connectivity index (χ3n) is 2.92. The Bertz CT molecular complexity index is 678. The summed E-state index contributed by atoms with van der Waals surface area (Å²) in [7, 11) is 0. The zero-order valence-electron chi connectivity index (χ0n) is 12.1. The van der Waals surface area contributed by atoms with Gasteiger partial charge in [0.05, 0.1) is 11.1 Å². The van der Waals surface area contributed by atoms with Crippen molar-refractivity contribution < 1.29 is 24.2 Å². The van der Waals surface area contributed by atoms with Crippen molar-refractivity contribution in [2.24, 2.45) is 0 Å². The number of carbonyl (C=O) groups excluding carboxylic acids is 2. The zero-order valence-corrected chi connectivity index (χ0v) is 12.1. The molecule has 2 aromatic carbocycles. The number of rotatable bonds is 6. The fourth-order valence-electron chi connectivity index (χ4n) is 1.89. The van der Waals surface area contributed by atoms with Crippen molar-refractivity contribution in [3.8, 4) is 11.5 Å². The van der Waals surface area contributed by atoms with Gasteiger partial charge in [0.15, 0.2) is 5.78 Å². The summed E-state index contributed by atoms with van der Waals surface area (Å²) in [5, 5.41) is 9.30. The molecule has 0 aliphatic carbocycles. The van der Waals surface area contributed by atoms with Gasteiger partial charge in [-0.3, -0.25) is 4.79 Å². The van der Waals surface area contributed by atoms with Crippen molar-refractivity contribution in [2.75, 3.05) is 13.2 Å². The fourth-order valence-corrected chi connectivity index (χ4v) is 1.89. The number of phenolic OH excluding ortho intramolecular Hbond substituents is 1. The monoisotopic (exact) mass is 300 g/mol. The molecule has 1 N–H and O–H groups in total. The van der Waals surface area contributed by atoms with E-state index >= 15 is 0 Å². The van der Waals surface area contributed by atoms with Crippen LogP contribution in [0.3, 0.4) is 0 Å². The molecule has 0 amide bonds. The second-order valence-corrected chi connectivity index (χ2v) is 4.59. The summed E-state index contributed by atoms with van der Waals surface area (Å²) >= 11 is 0. The summed E-state index contributed by atoms with van der Waals surface area (Å²) in [6, 6.07) is 12.8. The third kappa shape index (κ3) is 4.09. The van der Waals surface area contributed by atoms with Crippen molar-refractivity contribution >= 4 is 11.8 Å². The van der Waals surface area contributed by atoms with Gasteiger partial charge in [-0.05, 0) is 37.3 Å². The van der Waals surface area contributed by atoms with Crippen molar-refractivity contribution in [3.63, 3.8) is 0 Å². The van der Waals surface area contributed by atoms with Gasteiger partial charge in [-0.25, -0.2) is 4.79 Å². The molecule has 0 radical (unpaired) electrons. The lowest BCUT2D eigenvalue weighted by molar-refractivity contribution is 0.0448. The summed E-state index contributed by atoms with van der Waals surface area (Å²) < 4.78 is 10.5. The zero-order chi connectivity index (χ0) is 15.9. The van der Waals surface area contributed by atoms with Gasteiger partial charge in [0.2, 0.25) is 0 Å². The molecule has 22 heavy (non-hydrogen) atoms. The lowest BCUT2D eigenvalue weighted by Gasteiger charge is -2.10. The number of para-hydroxylation sites is 1. The summed E-state index contributed by atoms with van der Waals surface area (Å²) in [5.74, 6) is -0.170. The maximum atomic E-state index is 11.7. The second-order valence-electron chi connectivity index (χ2n) is 4.59. The lowest BCUT2D eigenvalue weighted by Crippen LogP contribution is -2.13. The first-order valence-corrected chi connectivity index (χ1v) is 6.77. The number of carbonyl (C=O) groups is 2. The average molecular weight is 300 g/mol. The predicted octanol–water partition coefficient (Wildman–Crippen LogP) is 2.83. The van der Waals surface area contributed by atoms with E-state index in [1.807, 2.05) is 0 Å². The molecule has 5 nitrogen and oxygen atoms in total. The van der Waals surface area contributed by atoms with Gasteiger partial charge in [0.25, 0.3) is 0 Å². The van der Waals surface area contributed by atoms with Crippen molar-refractivity contribution in [2.45, 2.75) is 6.92 Å². The number of phenols is 1. The molecule has 0 aliphatic heterocycles. The van der Waals surface area contributed by atoms with Crippen LogP contribution < -0.4 is 4.74 Å². The van der Waals surface area contributed by atoms with Crippen molar-refractivity contribution in [3.05, 3.63) is 59.7 Å². The highest BCUT2D eigenvalue weighted by Gasteiger charge is 2.09. The minimum atomic E-state index is -0.542. The van der Waals surface area contributed by atoms with Crippen LogP contribution in [0.1, 0.15) is 27.6 Å². The molecule has 0 atom stereocenters. The smallest absolute Gasteiger partial charge is 0.338 e. The van der Waals surface area contributed by atoms with Gasteiger partial charge in [-0.15, -0.1) is 0 Å². The van der Waals surface area contributed by atoms with Gasteiger partial charge in [-0.1, -0.05) is 18.2 Å². The van der Waals surface area contributed by atoms with Crippen LogP contribution in [-0.4, -0.2) is 30.1 Å². The molecule has 2 rings (SSSR count). The molecule has 0 spiro atoms. The van der Waals surface area contributed by atoms with E-state index < -0.39 is 5.97 Å². The number of benzene rings is 2. The van der Waals surface area contributed by atoms with E-state index in [0.29, 0.717) is 11.3 Å². The highest BCUT2D eigenvalue weighted by molar-refractivity contribution is 5.96. The summed E-state index contributed by atoms with van der Waals surface area (Å²) in [5.41, 5.74) is 0.756. The topological polar surface area (TPSA) is 72.8 Å². The van der Waals surface area contributed by atoms with Crippen molar-refractivity contribution in [1.29, 1.82) is 0 Å². The van der Waals surface area contributed by atoms with Gasteiger partial charge >= 0.3 is 5.97 Å². The number of ketones is 1. The average Bonchev–Trinajstić information content (AvgIpc) is 2.51. The Balaban J connectivity index is 1.85. The highest BCUT2D eigenvalue weighted by atomic mass is 16.6. The van der Waals surface area contributed by atoms with E-state index in [-0.39, 0.29) is 30.3 Å². The number of aromatic hydroxyl groups is 1. The van der Waals surface area contributed by atoms with E-state index in [0.717, 1.165) is 0 Å². The maximum absolute atomic E-state index is 11.7. The van der Waals surface area contributed by atoms with Gasteiger partial charge in [0.1, 0.15) is 24.7 Å². The van der Waals surface area contributed by atoms with E-state index in [4.69, 9.17) is 9.47 Å². The van der Waals surface area contributed by atoms with Crippen LogP contribution in [0, 0.1) is 0 Å². The largest absolute Gasteiger partial charge is 0.508 e. The lowest BCUT2D eigenvalue weighted by atomic mass is 10.1. The van der Waals surface area contributed by atoms with E-state index in [1.165, 1.54) is 19.1 Å². The highest BCUT2D eigenvalue weighted by Crippen LogP contribution is 2.18. The predicted molar refractivity (Wildman–Crippen MR) is 80.3 cm³/mol. The van der Waals surface area contributed by atoms with Crippen LogP contribution in [0.25, 0.3) is 0 Å². The molecular weight excluding hydrogens is 284 g/mol. The van der Waals surface area contributed by atoms with E-state index in [1.54, 1.807) is 36.4 Å². The van der Waals surface area contributed by atoms with Crippen LogP contribution in [0.4, 0.5) is 0 Å². The molecule has 0 saturated heterocycles. The SMILES string of the molecule is CC(=O)c1ccccc1OCCOC(=O)c1cccc(O)c1. The van der Waals surface area contributed by atoms with Gasteiger partial charge in [0, 0.05) is 0 Å². The molecule has 5 heteroatoms. The molecule has 0 saturated carbocycles. The Morgan fingerprint density at radius 1 is 1.05 bits per heavy atom. The Morgan fingerprint density at radius 3 is 2.55 bits per heavy atom. The third-order valence-corrected chi connectivity index (χ3v) is 2.92. The molecule has 0 aliphatic rings. The number of esters is 1. The van der Waals surface area contributed by atoms with Gasteiger partial charge in [-0.2, -0.15) is 0 Å². The molecule has 114 valence electrons. The molecule has 0 unspecified atom stereocenters. The van der Waals surface area contributed by atoms with Crippen LogP contribution >= 0.6 is 0 Å². The quantitative estimate of drug-likeness (QED) is 0.504. The Hall–Kier alpha value is -2.82. The van der Waals surface area contributed by atoms with Crippen molar-refractivity contribution in [1.82, 2.24) is 0 Å². The summed E-state index contributed by atoms with van der Waals surface area (Å²) in [6.07, 6.45) is 0. The Labute approximate surface area is 128 Å². The minimum absolute atomic E-state index is 0.00101. The van der Waals surface area contributed by atoms with E-state index in [9.17, 15) is 14.7 Å². The van der Waals surface area contributed by atoms with Crippen LogP contribution in [0.2, 0.25) is 0 Å². The normalized spacial score (nSPS) is 10.0. The number of hydrogen-bond acceptors (Lipinski definition) is 5. The Morgan fingerprint density at radius 2 is 1.82 bits per heavy atom. The molecule has 0 bridgehead atoms. The van der Waals surface area contributed by atoms with Crippen LogP contribution in [-0.2, 0) is 4.74 Å². The Kier molecular flexibility index (Phi) is 5.14. The molecule has 0 aromatic heterocycles. The van der Waals surface area contributed by atoms with Crippen LogP contribution in [0.5, 0.6) is 11.5 Å².